The highest BCUT2D eigenvalue weighted by Crippen LogP contribution is 2.69. The Hall–Kier alpha value is -4.40. The van der Waals surface area contributed by atoms with Gasteiger partial charge < -0.3 is 24.9 Å². The van der Waals surface area contributed by atoms with Crippen molar-refractivity contribution in [1.82, 2.24) is 4.98 Å². The zero-order valence-corrected chi connectivity index (χ0v) is 29.7. The molecule has 1 aromatic heterocycles. The van der Waals surface area contributed by atoms with Crippen molar-refractivity contribution in [1.29, 1.82) is 0 Å². The number of carbonyl (C=O) groups is 4. The van der Waals surface area contributed by atoms with Gasteiger partial charge in [-0.25, -0.2) is 4.79 Å². The molecular formula is C36H30BrN3O8S2. The van der Waals surface area contributed by atoms with Gasteiger partial charge in [0.25, 0.3) is 5.91 Å². The second-order valence-corrected chi connectivity index (χ2v) is 15.9. The van der Waals surface area contributed by atoms with Crippen LogP contribution in [0.5, 0.6) is 11.5 Å². The number of carbonyl (C=O) groups excluding carboxylic acids is 4. The Kier molecular flexibility index (Phi) is 8.35. The molecule has 3 fully saturated rings. The third-order valence-corrected chi connectivity index (χ3v) is 13.3. The zero-order chi connectivity index (χ0) is 34.8. The van der Waals surface area contributed by atoms with Gasteiger partial charge in [0.15, 0.2) is 6.61 Å². The number of rotatable bonds is 8. The van der Waals surface area contributed by atoms with Crippen molar-refractivity contribution in [2.75, 3.05) is 23.4 Å². The molecular weight excluding hydrogens is 746 g/mol. The van der Waals surface area contributed by atoms with Crippen LogP contribution in [0.1, 0.15) is 40.1 Å². The number of halogens is 1. The normalized spacial score (nSPS) is 26.0. The minimum atomic E-state index is -0.522. The van der Waals surface area contributed by atoms with Gasteiger partial charge in [0.05, 0.1) is 34.7 Å². The van der Waals surface area contributed by atoms with Crippen molar-refractivity contribution >= 4 is 74.1 Å². The Bertz CT molecular complexity index is 2100. The number of anilines is 2. The van der Waals surface area contributed by atoms with Gasteiger partial charge in [0, 0.05) is 31.8 Å². The molecule has 3 amide bonds. The van der Waals surface area contributed by atoms with Crippen LogP contribution in [-0.2, 0) is 19.1 Å². The SMILES string of the molecule is CCOC(=O)c1ccc(N2C(=O)C3C4CC(C3C2=O)C2C4Sc3[nH]c(=O)sc3[C@@H]2c2cc(Br)ccc2OCC(=O)Nc2ccc(O)cc2)cc1. The summed E-state index contributed by atoms with van der Waals surface area (Å²) in [5.41, 5.74) is 2.06. The van der Waals surface area contributed by atoms with Gasteiger partial charge in [-0.05, 0) is 97.8 Å². The van der Waals surface area contributed by atoms with E-state index in [0.29, 0.717) is 29.1 Å². The highest BCUT2D eigenvalue weighted by molar-refractivity contribution is 9.10. The number of fused-ring (bicyclic) bond motifs is 9. The maximum Gasteiger partial charge on any atom is 0.338 e. The molecule has 7 atom stereocenters. The molecule has 6 unspecified atom stereocenters. The summed E-state index contributed by atoms with van der Waals surface area (Å²) in [5.74, 6) is -2.43. The zero-order valence-electron chi connectivity index (χ0n) is 26.5. The second kappa shape index (κ2) is 12.7. The number of aromatic hydroxyl groups is 1. The summed E-state index contributed by atoms with van der Waals surface area (Å²) in [6.07, 6.45) is 0.708. The van der Waals surface area contributed by atoms with Crippen LogP contribution < -0.4 is 19.8 Å². The molecule has 14 heteroatoms. The predicted octanol–water partition coefficient (Wildman–Crippen LogP) is 5.78. The van der Waals surface area contributed by atoms with Crippen LogP contribution in [0.4, 0.5) is 11.4 Å². The number of hydrogen-bond acceptors (Lipinski definition) is 10. The second-order valence-electron chi connectivity index (χ2n) is 12.8. The summed E-state index contributed by atoms with van der Waals surface area (Å²) in [6.45, 7) is 1.68. The van der Waals surface area contributed by atoms with Gasteiger partial charge in [0.2, 0.25) is 11.8 Å². The molecule has 11 nitrogen and oxygen atoms in total. The van der Waals surface area contributed by atoms with E-state index in [1.54, 1.807) is 61.2 Å². The Balaban J connectivity index is 1.11. The largest absolute Gasteiger partial charge is 0.508 e. The van der Waals surface area contributed by atoms with E-state index in [0.717, 1.165) is 31.3 Å². The van der Waals surface area contributed by atoms with Gasteiger partial charge in [-0.1, -0.05) is 27.3 Å². The number of H-pyrrole nitrogens is 1. The lowest BCUT2D eigenvalue weighted by atomic mass is 9.68. The molecule has 256 valence electrons. The number of phenols is 1. The Morgan fingerprint density at radius 1 is 1.00 bits per heavy atom. The van der Waals surface area contributed by atoms with Gasteiger partial charge >= 0.3 is 10.8 Å². The summed E-state index contributed by atoms with van der Waals surface area (Å²) >= 11 is 6.34. The number of nitrogens with zero attached hydrogens (tertiary/aromatic N) is 1. The number of thiazole rings is 1. The van der Waals surface area contributed by atoms with Crippen LogP contribution in [-0.4, -0.2) is 52.2 Å². The smallest absolute Gasteiger partial charge is 0.338 e. The molecule has 1 saturated heterocycles. The summed E-state index contributed by atoms with van der Waals surface area (Å²) in [7, 11) is 0. The van der Waals surface area contributed by atoms with Gasteiger partial charge in [-0.15, -0.1) is 11.8 Å². The maximum absolute atomic E-state index is 14.2. The minimum absolute atomic E-state index is 0.0449. The molecule has 2 aliphatic carbocycles. The Morgan fingerprint density at radius 2 is 1.72 bits per heavy atom. The quantitative estimate of drug-likeness (QED) is 0.115. The van der Waals surface area contributed by atoms with Crippen LogP contribution in [0.15, 0.2) is 81.0 Å². The molecule has 3 heterocycles. The van der Waals surface area contributed by atoms with Crippen molar-refractivity contribution in [3.05, 3.63) is 96.9 Å². The number of thioether (sulfide) groups is 1. The summed E-state index contributed by atoms with van der Waals surface area (Å²) < 4.78 is 12.0. The molecule has 2 saturated carbocycles. The fourth-order valence-corrected chi connectivity index (χ4v) is 11.6. The van der Waals surface area contributed by atoms with E-state index in [-0.39, 0.29) is 70.5 Å². The number of ether oxygens (including phenoxy) is 2. The van der Waals surface area contributed by atoms with E-state index in [1.807, 2.05) is 12.1 Å². The highest BCUT2D eigenvalue weighted by Gasteiger charge is 2.70. The first-order valence-electron chi connectivity index (χ1n) is 16.2. The molecule has 0 spiro atoms. The van der Waals surface area contributed by atoms with Crippen LogP contribution >= 0.6 is 39.0 Å². The van der Waals surface area contributed by atoms with Crippen LogP contribution in [0, 0.1) is 29.6 Å². The fraction of sp³-hybridized carbons (Fsp3) is 0.306. The molecule has 2 bridgehead atoms. The molecule has 0 radical (unpaired) electrons. The van der Waals surface area contributed by atoms with Crippen LogP contribution in [0.25, 0.3) is 0 Å². The molecule has 8 rings (SSSR count). The summed E-state index contributed by atoms with van der Waals surface area (Å²) in [6, 6.07) is 18.0. The molecule has 3 aromatic carbocycles. The van der Waals surface area contributed by atoms with E-state index in [1.165, 1.54) is 17.0 Å². The average Bonchev–Trinajstić information content (AvgIpc) is 3.84. The predicted molar refractivity (Wildman–Crippen MR) is 190 cm³/mol. The van der Waals surface area contributed by atoms with E-state index in [9.17, 15) is 29.1 Å². The van der Waals surface area contributed by atoms with E-state index < -0.39 is 17.8 Å². The number of hydrogen-bond donors (Lipinski definition) is 3. The highest BCUT2D eigenvalue weighted by atomic mass is 79.9. The number of esters is 1. The molecule has 3 N–H and O–H groups in total. The molecule has 2 aliphatic heterocycles. The number of phenolic OH excluding ortho intramolecular Hbond substituents is 1. The number of aromatic amines is 1. The average molecular weight is 777 g/mol. The third-order valence-electron chi connectivity index (χ3n) is 10.2. The topological polar surface area (TPSA) is 155 Å². The lowest BCUT2D eigenvalue weighted by molar-refractivity contribution is -0.123. The Morgan fingerprint density at radius 3 is 2.44 bits per heavy atom. The number of benzene rings is 3. The minimum Gasteiger partial charge on any atom is -0.508 e. The third kappa shape index (κ3) is 5.44. The van der Waals surface area contributed by atoms with Crippen molar-refractivity contribution in [2.24, 2.45) is 29.6 Å². The molecule has 50 heavy (non-hydrogen) atoms. The van der Waals surface area contributed by atoms with E-state index in [4.69, 9.17) is 9.47 Å². The maximum atomic E-state index is 14.2. The number of aromatic nitrogens is 1. The number of amides is 3. The van der Waals surface area contributed by atoms with Crippen molar-refractivity contribution < 1.29 is 33.8 Å². The lowest BCUT2D eigenvalue weighted by Gasteiger charge is -2.43. The Labute approximate surface area is 302 Å². The first-order chi connectivity index (χ1) is 24.1. The van der Waals surface area contributed by atoms with Gasteiger partial charge in [-0.2, -0.15) is 0 Å². The fourth-order valence-electron chi connectivity index (χ4n) is 8.36. The monoisotopic (exact) mass is 775 g/mol. The van der Waals surface area contributed by atoms with Gasteiger partial charge in [-0.3, -0.25) is 24.1 Å². The van der Waals surface area contributed by atoms with E-state index in [2.05, 4.69) is 26.2 Å². The van der Waals surface area contributed by atoms with Crippen molar-refractivity contribution in [2.45, 2.75) is 29.5 Å². The van der Waals surface area contributed by atoms with Crippen LogP contribution in [0.2, 0.25) is 0 Å². The summed E-state index contributed by atoms with van der Waals surface area (Å²) in [4.78, 5) is 71.1. The van der Waals surface area contributed by atoms with Gasteiger partial charge in [0.1, 0.15) is 11.5 Å². The van der Waals surface area contributed by atoms with Crippen molar-refractivity contribution in [3.63, 3.8) is 0 Å². The lowest BCUT2D eigenvalue weighted by Crippen LogP contribution is -2.42. The molecule has 4 aliphatic rings. The standard InChI is InChI=1S/C36H30BrN3O8S2/c1-2-47-35(45)16-3-8-19(9-4-16)40-33(43)28-22-14-23(29(28)34(40)44)30-27(22)26(31-32(49-30)39-36(46)50-31)21-13-17(37)5-12-24(21)48-15-25(42)38-18-6-10-20(41)11-7-18/h3-13,22-23,26-30,41H,2,14-15H2,1H3,(H,38,42)(H,39,46)/t22?,23?,26-,27?,28?,29?,30?/m1/s1. The van der Waals surface area contributed by atoms with E-state index >= 15 is 0 Å². The first kappa shape index (κ1) is 32.8. The van der Waals surface area contributed by atoms with Crippen LogP contribution in [0.3, 0.4) is 0 Å². The molecule has 4 aromatic rings. The first-order valence-corrected chi connectivity index (χ1v) is 18.7. The number of imide groups is 1. The number of nitrogens with one attached hydrogen (secondary N) is 2. The summed E-state index contributed by atoms with van der Waals surface area (Å²) in [5, 5.41) is 13.0. The van der Waals surface area contributed by atoms with Crippen molar-refractivity contribution in [3.8, 4) is 11.5 Å².